The summed E-state index contributed by atoms with van der Waals surface area (Å²) < 4.78 is 0. The van der Waals surface area contributed by atoms with E-state index in [1.807, 2.05) is 6.08 Å². The highest BCUT2D eigenvalue weighted by atomic mass is 16.3. The minimum Gasteiger partial charge on any atom is -0.394 e. The van der Waals surface area contributed by atoms with Gasteiger partial charge in [0.2, 0.25) is 5.91 Å². The lowest BCUT2D eigenvalue weighted by molar-refractivity contribution is -0.131. The average molecular weight is 498 g/mol. The van der Waals surface area contributed by atoms with E-state index in [-0.39, 0.29) is 6.61 Å². The van der Waals surface area contributed by atoms with Crippen LogP contribution in [0, 0.1) is 0 Å². The third-order valence-corrected chi connectivity index (χ3v) is 6.88. The summed E-state index contributed by atoms with van der Waals surface area (Å²) >= 11 is 0. The quantitative estimate of drug-likeness (QED) is 0.0767. The fraction of sp³-hybridized carbons (Fsp3) is 0.900. The van der Waals surface area contributed by atoms with Crippen LogP contribution >= 0.6 is 0 Å². The Balaban J connectivity index is 3.82. The van der Waals surface area contributed by atoms with Gasteiger partial charge >= 0.3 is 0 Å². The maximum Gasteiger partial charge on any atom is 0.249 e. The van der Waals surface area contributed by atoms with E-state index in [0.717, 1.165) is 32.1 Å². The third kappa shape index (κ3) is 22.0. The lowest BCUT2D eigenvalue weighted by Gasteiger charge is -2.21. The number of hydrogen-bond acceptors (Lipinski definition) is 4. The first-order valence-corrected chi connectivity index (χ1v) is 15.0. The van der Waals surface area contributed by atoms with Crippen LogP contribution in [0.5, 0.6) is 0 Å². The van der Waals surface area contributed by atoms with Gasteiger partial charge in [0.15, 0.2) is 0 Å². The van der Waals surface area contributed by atoms with E-state index >= 15 is 0 Å². The SMILES string of the molecule is CCCCCCCCC/C=C/C(O)C(CO)NC(=O)C(O)CCCCCCCCCCCCCC. The number of aliphatic hydroxyl groups excluding tert-OH is 3. The van der Waals surface area contributed by atoms with Gasteiger partial charge in [0, 0.05) is 0 Å². The van der Waals surface area contributed by atoms with Crippen molar-refractivity contribution in [1.29, 1.82) is 0 Å². The van der Waals surface area contributed by atoms with Crippen LogP contribution in [0.3, 0.4) is 0 Å². The van der Waals surface area contributed by atoms with Gasteiger partial charge in [0.05, 0.1) is 18.8 Å². The Kier molecular flexibility index (Phi) is 25.5. The zero-order chi connectivity index (χ0) is 26.0. The molecule has 0 aromatic carbocycles. The maximum absolute atomic E-state index is 12.3. The lowest BCUT2D eigenvalue weighted by Crippen LogP contribution is -2.48. The van der Waals surface area contributed by atoms with E-state index in [1.54, 1.807) is 6.08 Å². The molecule has 0 fully saturated rings. The predicted molar refractivity (Wildman–Crippen MR) is 148 cm³/mol. The topological polar surface area (TPSA) is 89.8 Å². The van der Waals surface area contributed by atoms with Gasteiger partial charge in [0.25, 0.3) is 0 Å². The van der Waals surface area contributed by atoms with Gasteiger partial charge in [-0.15, -0.1) is 0 Å². The smallest absolute Gasteiger partial charge is 0.249 e. The molecular weight excluding hydrogens is 438 g/mol. The Labute approximate surface area is 217 Å². The standard InChI is InChI=1S/C30H59NO4/c1-3-5-7-9-11-13-14-15-17-19-21-23-25-29(34)30(35)31-27(26-32)28(33)24-22-20-18-16-12-10-8-6-4-2/h22,24,27-29,32-34H,3-21,23,25-26H2,1-2H3,(H,31,35)/b24-22+. The van der Waals surface area contributed by atoms with Crippen molar-refractivity contribution >= 4 is 5.91 Å². The van der Waals surface area contributed by atoms with Crippen LogP contribution in [-0.4, -0.2) is 46.1 Å². The lowest BCUT2D eigenvalue weighted by atomic mass is 10.0. The van der Waals surface area contributed by atoms with E-state index in [2.05, 4.69) is 19.2 Å². The molecule has 0 aliphatic carbocycles. The number of unbranched alkanes of at least 4 members (excludes halogenated alkanes) is 18. The van der Waals surface area contributed by atoms with Crippen LogP contribution in [0.1, 0.15) is 149 Å². The van der Waals surface area contributed by atoms with Crippen molar-refractivity contribution in [3.63, 3.8) is 0 Å². The largest absolute Gasteiger partial charge is 0.394 e. The zero-order valence-corrected chi connectivity index (χ0v) is 23.2. The van der Waals surface area contributed by atoms with Crippen LogP contribution in [0.2, 0.25) is 0 Å². The fourth-order valence-corrected chi connectivity index (χ4v) is 4.42. The van der Waals surface area contributed by atoms with E-state index in [1.165, 1.54) is 96.3 Å². The highest BCUT2D eigenvalue weighted by Gasteiger charge is 2.22. The third-order valence-electron chi connectivity index (χ3n) is 6.88. The normalized spacial score (nSPS) is 14.3. The molecule has 0 saturated heterocycles. The van der Waals surface area contributed by atoms with Crippen LogP contribution in [-0.2, 0) is 4.79 Å². The number of nitrogens with one attached hydrogen (secondary N) is 1. The van der Waals surface area contributed by atoms with Crippen molar-refractivity contribution < 1.29 is 20.1 Å². The minimum atomic E-state index is -1.09. The van der Waals surface area contributed by atoms with Crippen molar-refractivity contribution in [3.8, 4) is 0 Å². The highest BCUT2D eigenvalue weighted by molar-refractivity contribution is 5.80. The first kappa shape index (κ1) is 34.1. The van der Waals surface area contributed by atoms with Crippen LogP contribution in [0.4, 0.5) is 0 Å². The van der Waals surface area contributed by atoms with Crippen LogP contribution in [0.15, 0.2) is 12.2 Å². The van der Waals surface area contributed by atoms with Crippen LogP contribution in [0.25, 0.3) is 0 Å². The van der Waals surface area contributed by atoms with Gasteiger partial charge < -0.3 is 20.6 Å². The average Bonchev–Trinajstić information content (AvgIpc) is 2.86. The van der Waals surface area contributed by atoms with E-state index < -0.39 is 24.2 Å². The Morgan fingerprint density at radius 3 is 1.57 bits per heavy atom. The molecule has 0 rings (SSSR count). The van der Waals surface area contributed by atoms with E-state index in [0.29, 0.717) is 6.42 Å². The molecule has 5 nitrogen and oxygen atoms in total. The molecule has 0 heterocycles. The first-order chi connectivity index (χ1) is 17.1. The second-order valence-corrected chi connectivity index (χ2v) is 10.3. The second kappa shape index (κ2) is 26.2. The number of carbonyl (C=O) groups excluding carboxylic acids is 1. The molecule has 5 heteroatoms. The Morgan fingerprint density at radius 2 is 1.11 bits per heavy atom. The molecule has 0 aromatic rings. The van der Waals surface area contributed by atoms with Gasteiger partial charge in [-0.25, -0.2) is 0 Å². The Morgan fingerprint density at radius 1 is 0.686 bits per heavy atom. The summed E-state index contributed by atoms with van der Waals surface area (Å²) in [6.07, 6.45) is 26.5. The molecule has 3 unspecified atom stereocenters. The predicted octanol–water partition coefficient (Wildman–Crippen LogP) is 6.97. The molecule has 3 atom stereocenters. The molecular formula is C30H59NO4. The molecule has 0 aliphatic heterocycles. The van der Waals surface area contributed by atoms with Gasteiger partial charge in [0.1, 0.15) is 6.10 Å². The molecule has 0 spiro atoms. The van der Waals surface area contributed by atoms with Crippen LogP contribution < -0.4 is 5.32 Å². The maximum atomic E-state index is 12.3. The van der Waals surface area contributed by atoms with Gasteiger partial charge in [-0.2, -0.15) is 0 Å². The second-order valence-electron chi connectivity index (χ2n) is 10.3. The monoisotopic (exact) mass is 497 g/mol. The molecule has 1 amide bonds. The van der Waals surface area contributed by atoms with Gasteiger partial charge in [-0.3, -0.25) is 4.79 Å². The molecule has 0 aliphatic rings. The Hall–Kier alpha value is -0.910. The summed E-state index contributed by atoms with van der Waals surface area (Å²) in [6.45, 7) is 4.11. The van der Waals surface area contributed by atoms with Crippen molar-refractivity contribution in [3.05, 3.63) is 12.2 Å². The summed E-state index contributed by atoms with van der Waals surface area (Å²) in [4.78, 5) is 12.3. The molecule has 0 radical (unpaired) electrons. The van der Waals surface area contributed by atoms with E-state index in [4.69, 9.17) is 0 Å². The summed E-state index contributed by atoms with van der Waals surface area (Å²) in [5, 5.41) is 32.6. The molecule has 0 aromatic heterocycles. The number of rotatable bonds is 26. The summed E-state index contributed by atoms with van der Waals surface area (Å²) in [5.74, 6) is -0.508. The molecule has 35 heavy (non-hydrogen) atoms. The number of aliphatic hydroxyl groups is 3. The summed E-state index contributed by atoms with van der Waals surface area (Å²) in [7, 11) is 0. The van der Waals surface area contributed by atoms with Crippen molar-refractivity contribution in [2.45, 2.75) is 167 Å². The molecule has 0 saturated carbocycles. The molecule has 208 valence electrons. The highest BCUT2D eigenvalue weighted by Crippen LogP contribution is 2.13. The fourth-order valence-electron chi connectivity index (χ4n) is 4.42. The van der Waals surface area contributed by atoms with E-state index in [9.17, 15) is 20.1 Å². The number of hydrogen-bond donors (Lipinski definition) is 4. The first-order valence-electron chi connectivity index (χ1n) is 15.0. The summed E-state index contributed by atoms with van der Waals surface area (Å²) in [6, 6.07) is -0.788. The van der Waals surface area contributed by atoms with Crippen molar-refractivity contribution in [2.75, 3.05) is 6.61 Å². The molecule has 0 bridgehead atoms. The number of amides is 1. The zero-order valence-electron chi connectivity index (χ0n) is 23.2. The van der Waals surface area contributed by atoms with Gasteiger partial charge in [-0.05, 0) is 19.3 Å². The van der Waals surface area contributed by atoms with Gasteiger partial charge in [-0.1, -0.05) is 142 Å². The molecule has 4 N–H and O–H groups in total. The number of carbonyl (C=O) groups is 1. The van der Waals surface area contributed by atoms with Crippen molar-refractivity contribution in [1.82, 2.24) is 5.32 Å². The minimum absolute atomic E-state index is 0.361. The number of allylic oxidation sites excluding steroid dienone is 1. The summed E-state index contributed by atoms with van der Waals surface area (Å²) in [5.41, 5.74) is 0. The Bertz CT molecular complexity index is 483. The van der Waals surface area contributed by atoms with Crippen molar-refractivity contribution in [2.24, 2.45) is 0 Å².